The molecule has 0 bridgehead atoms. The molecule has 1 N–H and O–H groups in total. The van der Waals surface area contributed by atoms with E-state index in [2.05, 4.69) is 23.3 Å². The Balaban J connectivity index is 1.40. The molecule has 0 saturated heterocycles. The van der Waals surface area contributed by atoms with Crippen molar-refractivity contribution in [2.75, 3.05) is 25.1 Å². The second-order valence-electron chi connectivity index (χ2n) is 6.53. The molecule has 4 heteroatoms. The zero-order chi connectivity index (χ0) is 18.7. The minimum absolute atomic E-state index is 0.591. The van der Waals surface area contributed by atoms with Gasteiger partial charge < -0.3 is 14.8 Å². The number of aromatic nitrogens is 1. The first-order valence-corrected chi connectivity index (χ1v) is 9.80. The van der Waals surface area contributed by atoms with Crippen LogP contribution in [0, 0.1) is 0 Å². The predicted molar refractivity (Wildman–Crippen MR) is 112 cm³/mol. The number of hydrogen-bond acceptors (Lipinski definition) is 4. The monoisotopic (exact) mass is 364 g/mol. The molecule has 0 amide bonds. The highest BCUT2D eigenvalue weighted by atomic mass is 16.5. The maximum Gasteiger partial charge on any atom is 0.119 e. The average molecular weight is 364 g/mol. The van der Waals surface area contributed by atoms with Crippen LogP contribution in [0.1, 0.15) is 32.6 Å². The van der Waals surface area contributed by atoms with Crippen molar-refractivity contribution in [2.24, 2.45) is 0 Å². The number of nitrogens with zero attached hydrogens (tertiary/aromatic N) is 1. The highest BCUT2D eigenvalue weighted by molar-refractivity contribution is 5.90. The molecule has 0 aliphatic carbocycles. The van der Waals surface area contributed by atoms with Crippen LogP contribution in [0.4, 0.5) is 5.69 Å². The minimum atomic E-state index is 0.591. The van der Waals surface area contributed by atoms with Crippen LogP contribution in [0.2, 0.25) is 0 Å². The third-order valence-electron chi connectivity index (χ3n) is 4.43. The summed E-state index contributed by atoms with van der Waals surface area (Å²) in [4.78, 5) is 4.38. The molecule has 0 radical (unpaired) electrons. The van der Waals surface area contributed by atoms with E-state index in [4.69, 9.17) is 9.47 Å². The van der Waals surface area contributed by atoms with E-state index in [0.717, 1.165) is 47.7 Å². The van der Waals surface area contributed by atoms with Gasteiger partial charge in [-0.05, 0) is 42.8 Å². The smallest absolute Gasteiger partial charge is 0.119 e. The van der Waals surface area contributed by atoms with E-state index in [-0.39, 0.29) is 0 Å². The first-order chi connectivity index (χ1) is 13.4. The number of para-hydroxylation sites is 1. The van der Waals surface area contributed by atoms with Gasteiger partial charge in [-0.15, -0.1) is 0 Å². The molecule has 27 heavy (non-hydrogen) atoms. The van der Waals surface area contributed by atoms with E-state index in [1.165, 1.54) is 19.3 Å². The fourth-order valence-corrected chi connectivity index (χ4v) is 2.96. The van der Waals surface area contributed by atoms with Crippen molar-refractivity contribution in [1.82, 2.24) is 4.98 Å². The minimum Gasteiger partial charge on any atom is -0.494 e. The molecule has 0 unspecified atom stereocenters. The van der Waals surface area contributed by atoms with Crippen molar-refractivity contribution in [3.63, 3.8) is 0 Å². The summed E-state index contributed by atoms with van der Waals surface area (Å²) in [5.74, 6) is 1.76. The first kappa shape index (κ1) is 19.0. The molecule has 0 spiro atoms. The van der Waals surface area contributed by atoms with Crippen LogP contribution in [-0.2, 0) is 0 Å². The Morgan fingerprint density at radius 3 is 2.33 bits per heavy atom. The van der Waals surface area contributed by atoms with Crippen LogP contribution in [-0.4, -0.2) is 24.7 Å². The molecule has 0 aliphatic rings. The lowest BCUT2D eigenvalue weighted by Crippen LogP contribution is -2.11. The van der Waals surface area contributed by atoms with Gasteiger partial charge in [0.05, 0.1) is 12.1 Å². The Morgan fingerprint density at radius 1 is 0.815 bits per heavy atom. The zero-order valence-electron chi connectivity index (χ0n) is 16.0. The van der Waals surface area contributed by atoms with Crippen molar-refractivity contribution < 1.29 is 9.47 Å². The quantitative estimate of drug-likeness (QED) is 0.444. The highest BCUT2D eigenvalue weighted by Crippen LogP contribution is 2.21. The van der Waals surface area contributed by atoms with Crippen LogP contribution < -0.4 is 14.8 Å². The SMILES string of the molecule is CCCCCCOc1ccc(OCCNc2ccnc3ccccc23)cc1. The van der Waals surface area contributed by atoms with Crippen molar-refractivity contribution >= 4 is 16.6 Å². The Kier molecular flexibility index (Phi) is 7.34. The fourth-order valence-electron chi connectivity index (χ4n) is 2.96. The standard InChI is InChI=1S/C23H28N2O2/c1-2-3-4-7-17-26-19-10-12-20(13-11-19)27-18-16-25-23-14-15-24-22-9-6-5-8-21(22)23/h5-6,8-15H,2-4,7,16-18H2,1H3,(H,24,25). The normalized spacial score (nSPS) is 10.7. The molecule has 3 aromatic rings. The first-order valence-electron chi connectivity index (χ1n) is 9.80. The van der Waals surface area contributed by atoms with Crippen LogP contribution >= 0.6 is 0 Å². The van der Waals surface area contributed by atoms with E-state index in [1.807, 2.05) is 54.7 Å². The number of hydrogen-bond donors (Lipinski definition) is 1. The van der Waals surface area contributed by atoms with Gasteiger partial charge in [0.1, 0.15) is 18.1 Å². The summed E-state index contributed by atoms with van der Waals surface area (Å²) in [5.41, 5.74) is 2.07. The Labute approximate surface area is 161 Å². The molecule has 142 valence electrons. The number of unbranched alkanes of at least 4 members (excludes halogenated alkanes) is 3. The summed E-state index contributed by atoms with van der Waals surface area (Å²) >= 11 is 0. The third-order valence-corrected chi connectivity index (χ3v) is 4.43. The molecule has 2 aromatic carbocycles. The Hall–Kier alpha value is -2.75. The molecule has 0 aliphatic heterocycles. The van der Waals surface area contributed by atoms with Gasteiger partial charge in [-0.1, -0.05) is 44.4 Å². The van der Waals surface area contributed by atoms with Crippen molar-refractivity contribution in [3.8, 4) is 11.5 Å². The maximum atomic E-state index is 5.82. The van der Waals surface area contributed by atoms with Gasteiger partial charge in [-0.25, -0.2) is 0 Å². The Bertz CT molecular complexity index is 813. The molecule has 1 heterocycles. The van der Waals surface area contributed by atoms with Gasteiger partial charge in [0.2, 0.25) is 0 Å². The molecule has 0 saturated carbocycles. The van der Waals surface area contributed by atoms with Crippen molar-refractivity contribution in [1.29, 1.82) is 0 Å². The number of fused-ring (bicyclic) bond motifs is 1. The molecule has 1 aromatic heterocycles. The number of benzene rings is 2. The lowest BCUT2D eigenvalue weighted by molar-refractivity contribution is 0.302. The van der Waals surface area contributed by atoms with Crippen LogP contribution in [0.3, 0.4) is 0 Å². The van der Waals surface area contributed by atoms with E-state index in [0.29, 0.717) is 6.61 Å². The van der Waals surface area contributed by atoms with E-state index in [9.17, 15) is 0 Å². The zero-order valence-corrected chi connectivity index (χ0v) is 16.0. The summed E-state index contributed by atoms with van der Waals surface area (Å²) in [7, 11) is 0. The summed E-state index contributed by atoms with van der Waals surface area (Å²) in [6.07, 6.45) is 6.70. The van der Waals surface area contributed by atoms with Crippen LogP contribution in [0.15, 0.2) is 60.8 Å². The molecule has 0 atom stereocenters. The second-order valence-corrected chi connectivity index (χ2v) is 6.53. The van der Waals surface area contributed by atoms with Gasteiger partial charge in [-0.2, -0.15) is 0 Å². The van der Waals surface area contributed by atoms with Gasteiger partial charge >= 0.3 is 0 Å². The number of anilines is 1. The molecule has 0 fully saturated rings. The molecule has 4 nitrogen and oxygen atoms in total. The van der Waals surface area contributed by atoms with Crippen molar-refractivity contribution in [2.45, 2.75) is 32.6 Å². The number of ether oxygens (including phenoxy) is 2. The molecule has 3 rings (SSSR count). The topological polar surface area (TPSA) is 43.4 Å². The van der Waals surface area contributed by atoms with E-state index in [1.54, 1.807) is 0 Å². The summed E-state index contributed by atoms with van der Waals surface area (Å²) < 4.78 is 11.6. The highest BCUT2D eigenvalue weighted by Gasteiger charge is 2.01. The number of rotatable bonds is 11. The van der Waals surface area contributed by atoms with Gasteiger partial charge in [-0.3, -0.25) is 4.98 Å². The Morgan fingerprint density at radius 2 is 1.56 bits per heavy atom. The van der Waals surface area contributed by atoms with E-state index < -0.39 is 0 Å². The van der Waals surface area contributed by atoms with Crippen LogP contribution in [0.25, 0.3) is 10.9 Å². The number of pyridine rings is 1. The average Bonchev–Trinajstić information content (AvgIpc) is 2.72. The fraction of sp³-hybridized carbons (Fsp3) is 0.348. The summed E-state index contributed by atoms with van der Waals surface area (Å²) in [6, 6.07) is 18.0. The van der Waals surface area contributed by atoms with Gasteiger partial charge in [0.15, 0.2) is 0 Å². The summed E-state index contributed by atoms with van der Waals surface area (Å²) in [6.45, 7) is 4.32. The summed E-state index contributed by atoms with van der Waals surface area (Å²) in [5, 5.41) is 4.55. The molecular weight excluding hydrogens is 336 g/mol. The number of nitrogens with one attached hydrogen (secondary N) is 1. The maximum absolute atomic E-state index is 5.82. The van der Waals surface area contributed by atoms with Gasteiger partial charge in [0, 0.05) is 23.8 Å². The van der Waals surface area contributed by atoms with Crippen molar-refractivity contribution in [3.05, 3.63) is 60.8 Å². The molecular formula is C23H28N2O2. The lowest BCUT2D eigenvalue weighted by atomic mass is 10.2. The van der Waals surface area contributed by atoms with E-state index >= 15 is 0 Å². The van der Waals surface area contributed by atoms with Crippen LogP contribution in [0.5, 0.6) is 11.5 Å². The third kappa shape index (κ3) is 5.88. The van der Waals surface area contributed by atoms with Gasteiger partial charge in [0.25, 0.3) is 0 Å². The second kappa shape index (κ2) is 10.4. The predicted octanol–water partition coefficient (Wildman–Crippen LogP) is 5.68. The largest absolute Gasteiger partial charge is 0.494 e. The lowest BCUT2D eigenvalue weighted by Gasteiger charge is -2.11.